The predicted molar refractivity (Wildman–Crippen MR) is 61.8 cm³/mol. The van der Waals surface area contributed by atoms with E-state index in [9.17, 15) is 4.79 Å². The summed E-state index contributed by atoms with van der Waals surface area (Å²) in [6, 6.07) is 0.267. The zero-order valence-corrected chi connectivity index (χ0v) is 10.5. The number of carbonyl (C=O) groups excluding carboxylic acids is 1. The van der Waals surface area contributed by atoms with Gasteiger partial charge in [-0.2, -0.15) is 0 Å². The molecule has 0 aliphatic heterocycles. The summed E-state index contributed by atoms with van der Waals surface area (Å²) in [5.74, 6) is 0.0853. The molecule has 1 unspecified atom stereocenters. The van der Waals surface area contributed by atoms with Crippen LogP contribution in [0.2, 0.25) is 0 Å². The van der Waals surface area contributed by atoms with E-state index >= 15 is 0 Å². The van der Waals surface area contributed by atoms with E-state index in [1.54, 1.807) is 7.11 Å². The summed E-state index contributed by atoms with van der Waals surface area (Å²) in [6.45, 7) is 9.83. The van der Waals surface area contributed by atoms with Crippen LogP contribution >= 0.6 is 0 Å². The molecule has 90 valence electrons. The lowest BCUT2D eigenvalue weighted by molar-refractivity contribution is -0.129. The molecule has 15 heavy (non-hydrogen) atoms. The molecular weight excluding hydrogens is 192 g/mol. The summed E-state index contributed by atoms with van der Waals surface area (Å²) in [7, 11) is 1.67. The maximum Gasteiger partial charge on any atom is 0.226 e. The van der Waals surface area contributed by atoms with Gasteiger partial charge in [0.05, 0.1) is 12.0 Å². The molecule has 0 aromatic heterocycles. The van der Waals surface area contributed by atoms with Gasteiger partial charge in [-0.05, 0) is 27.7 Å². The Morgan fingerprint density at radius 2 is 2.07 bits per heavy atom. The molecule has 0 rings (SSSR count). The van der Waals surface area contributed by atoms with E-state index in [0.29, 0.717) is 19.7 Å². The largest absolute Gasteiger partial charge is 0.383 e. The first-order valence-electron chi connectivity index (χ1n) is 5.44. The van der Waals surface area contributed by atoms with E-state index in [1.165, 1.54) is 0 Å². The highest BCUT2D eigenvalue weighted by molar-refractivity contribution is 5.81. The Kier molecular flexibility index (Phi) is 6.52. The standard InChI is InChI=1S/C11H24N2O2/c1-6-12-10(14)11(3,4)8-13-9(2)7-15-5/h9,13H,6-8H2,1-5H3,(H,12,14). The zero-order valence-electron chi connectivity index (χ0n) is 10.5. The molecule has 0 heterocycles. The Morgan fingerprint density at radius 3 is 2.53 bits per heavy atom. The lowest BCUT2D eigenvalue weighted by Gasteiger charge is -2.25. The molecule has 0 saturated heterocycles. The van der Waals surface area contributed by atoms with Crippen LogP contribution < -0.4 is 10.6 Å². The molecule has 0 aromatic rings. The number of ether oxygens (including phenoxy) is 1. The number of methoxy groups -OCH3 is 1. The second-order valence-electron chi connectivity index (χ2n) is 4.48. The first-order chi connectivity index (χ1) is 6.94. The van der Waals surface area contributed by atoms with Gasteiger partial charge in [-0.1, -0.05) is 0 Å². The minimum absolute atomic E-state index is 0.0853. The number of amides is 1. The third kappa shape index (κ3) is 5.74. The van der Waals surface area contributed by atoms with Gasteiger partial charge in [0.1, 0.15) is 0 Å². The van der Waals surface area contributed by atoms with Crippen LogP contribution in [0.25, 0.3) is 0 Å². The van der Waals surface area contributed by atoms with Gasteiger partial charge in [0.15, 0.2) is 0 Å². The molecule has 0 fully saturated rings. The predicted octanol–water partition coefficient (Wildman–Crippen LogP) is 0.773. The topological polar surface area (TPSA) is 50.4 Å². The maximum absolute atomic E-state index is 11.7. The van der Waals surface area contributed by atoms with Crippen molar-refractivity contribution in [1.82, 2.24) is 10.6 Å². The molecule has 2 N–H and O–H groups in total. The van der Waals surface area contributed by atoms with Crippen LogP contribution in [0.5, 0.6) is 0 Å². The second-order valence-corrected chi connectivity index (χ2v) is 4.48. The molecule has 0 aliphatic carbocycles. The average Bonchev–Trinajstić information content (AvgIpc) is 2.16. The van der Waals surface area contributed by atoms with Crippen LogP contribution in [0, 0.1) is 5.41 Å². The van der Waals surface area contributed by atoms with Crippen molar-refractivity contribution in [3.8, 4) is 0 Å². The Balaban J connectivity index is 3.97. The van der Waals surface area contributed by atoms with E-state index in [1.807, 2.05) is 27.7 Å². The van der Waals surface area contributed by atoms with Crippen LogP contribution in [0.15, 0.2) is 0 Å². The Bertz CT molecular complexity index is 193. The molecular formula is C11H24N2O2. The van der Waals surface area contributed by atoms with Crippen LogP contribution in [0.4, 0.5) is 0 Å². The molecule has 1 atom stereocenters. The summed E-state index contributed by atoms with van der Waals surface area (Å²) in [4.78, 5) is 11.7. The summed E-state index contributed by atoms with van der Waals surface area (Å²) in [5.41, 5.74) is -0.377. The molecule has 0 radical (unpaired) electrons. The summed E-state index contributed by atoms with van der Waals surface area (Å²) >= 11 is 0. The van der Waals surface area contributed by atoms with Crippen molar-refractivity contribution in [2.45, 2.75) is 33.7 Å². The van der Waals surface area contributed by atoms with Gasteiger partial charge >= 0.3 is 0 Å². The molecule has 0 aliphatic rings. The SMILES string of the molecule is CCNC(=O)C(C)(C)CNC(C)COC. The van der Waals surface area contributed by atoms with Gasteiger partial charge in [0, 0.05) is 26.2 Å². The zero-order chi connectivity index (χ0) is 11.9. The van der Waals surface area contributed by atoms with E-state index in [2.05, 4.69) is 10.6 Å². The van der Waals surface area contributed by atoms with E-state index in [4.69, 9.17) is 4.74 Å². The number of hydrogen-bond donors (Lipinski definition) is 2. The van der Waals surface area contributed by atoms with Gasteiger partial charge in [0.2, 0.25) is 5.91 Å². The molecule has 0 aromatic carbocycles. The number of nitrogens with one attached hydrogen (secondary N) is 2. The lowest BCUT2D eigenvalue weighted by Crippen LogP contribution is -2.46. The minimum atomic E-state index is -0.377. The van der Waals surface area contributed by atoms with E-state index in [0.717, 1.165) is 0 Å². The summed E-state index contributed by atoms with van der Waals surface area (Å²) in [6.07, 6.45) is 0. The molecule has 0 saturated carbocycles. The highest BCUT2D eigenvalue weighted by Crippen LogP contribution is 2.13. The van der Waals surface area contributed by atoms with Crippen molar-refractivity contribution < 1.29 is 9.53 Å². The molecule has 1 amide bonds. The van der Waals surface area contributed by atoms with Crippen LogP contribution in [0.3, 0.4) is 0 Å². The van der Waals surface area contributed by atoms with Crippen molar-refractivity contribution in [1.29, 1.82) is 0 Å². The average molecular weight is 216 g/mol. The van der Waals surface area contributed by atoms with Gasteiger partial charge in [-0.3, -0.25) is 4.79 Å². The van der Waals surface area contributed by atoms with Crippen molar-refractivity contribution >= 4 is 5.91 Å². The Morgan fingerprint density at radius 1 is 1.47 bits per heavy atom. The Labute approximate surface area is 92.8 Å². The summed E-state index contributed by atoms with van der Waals surface area (Å²) < 4.78 is 5.01. The fourth-order valence-corrected chi connectivity index (χ4v) is 1.22. The highest BCUT2D eigenvalue weighted by Gasteiger charge is 2.26. The monoisotopic (exact) mass is 216 g/mol. The van der Waals surface area contributed by atoms with Crippen LogP contribution in [0.1, 0.15) is 27.7 Å². The van der Waals surface area contributed by atoms with Gasteiger partial charge in [-0.15, -0.1) is 0 Å². The third-order valence-electron chi connectivity index (χ3n) is 2.26. The summed E-state index contributed by atoms with van der Waals surface area (Å²) in [5, 5.41) is 6.11. The lowest BCUT2D eigenvalue weighted by atomic mass is 9.92. The molecule has 0 spiro atoms. The third-order valence-corrected chi connectivity index (χ3v) is 2.26. The quantitative estimate of drug-likeness (QED) is 0.661. The van der Waals surface area contributed by atoms with Crippen LogP contribution in [-0.4, -0.2) is 38.8 Å². The van der Waals surface area contributed by atoms with Crippen LogP contribution in [-0.2, 0) is 9.53 Å². The van der Waals surface area contributed by atoms with Crippen molar-refractivity contribution in [2.24, 2.45) is 5.41 Å². The van der Waals surface area contributed by atoms with Crippen molar-refractivity contribution in [3.63, 3.8) is 0 Å². The molecule has 4 heteroatoms. The fraction of sp³-hybridized carbons (Fsp3) is 0.909. The molecule has 0 bridgehead atoms. The normalized spacial score (nSPS) is 13.7. The minimum Gasteiger partial charge on any atom is -0.383 e. The number of carbonyl (C=O) groups is 1. The van der Waals surface area contributed by atoms with E-state index in [-0.39, 0.29) is 17.4 Å². The second kappa shape index (κ2) is 6.80. The van der Waals surface area contributed by atoms with Gasteiger partial charge in [-0.25, -0.2) is 0 Å². The van der Waals surface area contributed by atoms with Crippen molar-refractivity contribution in [2.75, 3.05) is 26.8 Å². The van der Waals surface area contributed by atoms with Crippen molar-refractivity contribution in [3.05, 3.63) is 0 Å². The number of hydrogen-bond acceptors (Lipinski definition) is 3. The van der Waals surface area contributed by atoms with E-state index < -0.39 is 0 Å². The van der Waals surface area contributed by atoms with Gasteiger partial charge in [0.25, 0.3) is 0 Å². The van der Waals surface area contributed by atoms with Gasteiger partial charge < -0.3 is 15.4 Å². The number of rotatable bonds is 7. The Hall–Kier alpha value is -0.610. The maximum atomic E-state index is 11.7. The first kappa shape index (κ1) is 14.4. The molecule has 4 nitrogen and oxygen atoms in total. The first-order valence-corrected chi connectivity index (χ1v) is 5.44. The smallest absolute Gasteiger partial charge is 0.226 e. The highest BCUT2D eigenvalue weighted by atomic mass is 16.5. The fourth-order valence-electron chi connectivity index (χ4n) is 1.22.